The summed E-state index contributed by atoms with van der Waals surface area (Å²) in [6, 6.07) is 0. The highest BCUT2D eigenvalue weighted by Crippen LogP contribution is 2.26. The van der Waals surface area contributed by atoms with Crippen LogP contribution in [0.4, 0.5) is 0 Å². The van der Waals surface area contributed by atoms with Crippen molar-refractivity contribution in [3.63, 3.8) is 0 Å². The predicted molar refractivity (Wildman–Crippen MR) is 47.1 cm³/mol. The molecular formula is C9H16N2O. The van der Waals surface area contributed by atoms with Crippen molar-refractivity contribution in [1.29, 1.82) is 0 Å². The van der Waals surface area contributed by atoms with Crippen molar-refractivity contribution in [2.24, 2.45) is 5.92 Å². The van der Waals surface area contributed by atoms with Crippen LogP contribution in [0.15, 0.2) is 12.3 Å². The second-order valence-corrected chi connectivity index (χ2v) is 3.63. The van der Waals surface area contributed by atoms with E-state index in [1.165, 1.54) is 19.3 Å². The van der Waals surface area contributed by atoms with Crippen molar-refractivity contribution in [3.8, 4) is 0 Å². The molecule has 2 rings (SSSR count). The molecule has 2 aliphatic rings. The lowest BCUT2D eigenvalue weighted by Crippen LogP contribution is -2.35. The molecule has 1 fully saturated rings. The molecule has 0 bridgehead atoms. The molecular weight excluding hydrogens is 152 g/mol. The van der Waals surface area contributed by atoms with Crippen LogP contribution in [0, 0.1) is 5.92 Å². The Kier molecular flexibility index (Phi) is 2.33. The first-order valence-electron chi connectivity index (χ1n) is 4.63. The van der Waals surface area contributed by atoms with Crippen molar-refractivity contribution >= 4 is 0 Å². The van der Waals surface area contributed by atoms with E-state index in [-0.39, 0.29) is 6.23 Å². The van der Waals surface area contributed by atoms with E-state index in [9.17, 15) is 0 Å². The van der Waals surface area contributed by atoms with Gasteiger partial charge in [0, 0.05) is 13.2 Å². The number of hydrazine groups is 1. The molecule has 3 nitrogen and oxygen atoms in total. The van der Waals surface area contributed by atoms with Crippen molar-refractivity contribution in [1.82, 2.24) is 10.4 Å². The number of hydrogen-bond acceptors (Lipinski definition) is 3. The molecule has 1 heterocycles. The normalized spacial score (nSPS) is 29.4. The molecule has 0 aromatic carbocycles. The lowest BCUT2D eigenvalue weighted by atomic mass is 9.86. The van der Waals surface area contributed by atoms with E-state index in [1.807, 2.05) is 24.3 Å². The summed E-state index contributed by atoms with van der Waals surface area (Å²) >= 11 is 0. The molecule has 0 amide bonds. The molecule has 68 valence electrons. The minimum absolute atomic E-state index is 0.107. The minimum atomic E-state index is 0.107. The van der Waals surface area contributed by atoms with Gasteiger partial charge in [0.1, 0.15) is 6.23 Å². The monoisotopic (exact) mass is 168 g/mol. The van der Waals surface area contributed by atoms with Crippen LogP contribution in [0.2, 0.25) is 0 Å². The fraction of sp³-hybridized carbons (Fsp3) is 0.778. The zero-order valence-corrected chi connectivity index (χ0v) is 7.49. The van der Waals surface area contributed by atoms with Gasteiger partial charge in [0.05, 0.1) is 6.61 Å². The zero-order chi connectivity index (χ0) is 8.39. The maximum absolute atomic E-state index is 5.64. The number of nitrogens with zero attached hydrogens (tertiary/aromatic N) is 1. The van der Waals surface area contributed by atoms with E-state index in [2.05, 4.69) is 5.43 Å². The van der Waals surface area contributed by atoms with Crippen LogP contribution in [0.1, 0.15) is 19.3 Å². The minimum Gasteiger partial charge on any atom is -0.358 e. The van der Waals surface area contributed by atoms with Gasteiger partial charge < -0.3 is 9.75 Å². The Balaban J connectivity index is 1.63. The summed E-state index contributed by atoms with van der Waals surface area (Å²) in [6.45, 7) is 0.913. The van der Waals surface area contributed by atoms with Gasteiger partial charge in [0.25, 0.3) is 0 Å². The highest BCUT2D eigenvalue weighted by Gasteiger charge is 2.20. The van der Waals surface area contributed by atoms with E-state index in [0.29, 0.717) is 0 Å². The first-order valence-corrected chi connectivity index (χ1v) is 4.63. The molecule has 0 saturated heterocycles. The summed E-state index contributed by atoms with van der Waals surface area (Å²) in [5, 5.41) is 1.92. The number of ether oxygens (including phenoxy) is 1. The first-order chi connectivity index (χ1) is 5.84. The van der Waals surface area contributed by atoms with Crippen LogP contribution < -0.4 is 5.43 Å². The molecule has 0 radical (unpaired) electrons. The second kappa shape index (κ2) is 3.46. The van der Waals surface area contributed by atoms with Crippen molar-refractivity contribution in [3.05, 3.63) is 12.3 Å². The molecule has 0 aromatic heterocycles. The average molecular weight is 168 g/mol. The molecule has 0 spiro atoms. The van der Waals surface area contributed by atoms with Crippen LogP contribution >= 0.6 is 0 Å². The predicted octanol–water partition coefficient (Wildman–Crippen LogP) is 1.09. The van der Waals surface area contributed by atoms with E-state index in [4.69, 9.17) is 4.74 Å². The fourth-order valence-corrected chi connectivity index (χ4v) is 1.49. The van der Waals surface area contributed by atoms with Crippen LogP contribution in [0.25, 0.3) is 0 Å². The third-order valence-corrected chi connectivity index (χ3v) is 2.55. The Hall–Kier alpha value is -0.540. The standard InChI is InChI=1S/C9H16N2O/c1-11-6-5-9(10-11)12-7-8-3-2-4-8/h5-6,8-10H,2-4,7H2,1H3. The lowest BCUT2D eigenvalue weighted by Gasteiger charge is -2.26. The quantitative estimate of drug-likeness (QED) is 0.682. The summed E-state index contributed by atoms with van der Waals surface area (Å²) in [7, 11) is 1.98. The van der Waals surface area contributed by atoms with Crippen LogP contribution in [-0.2, 0) is 4.74 Å². The van der Waals surface area contributed by atoms with Gasteiger partial charge in [-0.3, -0.25) is 0 Å². The topological polar surface area (TPSA) is 24.5 Å². The van der Waals surface area contributed by atoms with E-state index in [0.717, 1.165) is 12.5 Å². The van der Waals surface area contributed by atoms with Crippen molar-refractivity contribution < 1.29 is 4.74 Å². The summed E-state index contributed by atoms with van der Waals surface area (Å²) in [4.78, 5) is 0. The molecule has 1 N–H and O–H groups in total. The van der Waals surface area contributed by atoms with Gasteiger partial charge in [0.15, 0.2) is 0 Å². The lowest BCUT2D eigenvalue weighted by molar-refractivity contribution is 0.00251. The van der Waals surface area contributed by atoms with Gasteiger partial charge in [-0.1, -0.05) is 6.42 Å². The third-order valence-electron chi connectivity index (χ3n) is 2.55. The molecule has 1 aliphatic carbocycles. The molecule has 1 aliphatic heterocycles. The second-order valence-electron chi connectivity index (χ2n) is 3.63. The zero-order valence-electron chi connectivity index (χ0n) is 7.49. The van der Waals surface area contributed by atoms with Gasteiger partial charge in [0.2, 0.25) is 0 Å². The third kappa shape index (κ3) is 1.79. The van der Waals surface area contributed by atoms with E-state index in [1.54, 1.807) is 0 Å². The highest BCUT2D eigenvalue weighted by atomic mass is 16.5. The smallest absolute Gasteiger partial charge is 0.145 e. The summed E-state index contributed by atoms with van der Waals surface area (Å²) in [6.07, 6.45) is 8.24. The number of rotatable bonds is 3. The largest absolute Gasteiger partial charge is 0.358 e. The maximum atomic E-state index is 5.64. The van der Waals surface area contributed by atoms with Gasteiger partial charge in [-0.15, -0.1) is 0 Å². The van der Waals surface area contributed by atoms with Crippen LogP contribution in [0.3, 0.4) is 0 Å². The molecule has 1 saturated carbocycles. The SMILES string of the molecule is CN1C=CC(OCC2CCC2)N1. The Bertz CT molecular complexity index is 177. The summed E-state index contributed by atoms with van der Waals surface area (Å²) in [5.41, 5.74) is 3.16. The summed E-state index contributed by atoms with van der Waals surface area (Å²) < 4.78 is 5.64. The van der Waals surface area contributed by atoms with Crippen LogP contribution in [0.5, 0.6) is 0 Å². The maximum Gasteiger partial charge on any atom is 0.145 e. The summed E-state index contributed by atoms with van der Waals surface area (Å²) in [5.74, 6) is 0.825. The van der Waals surface area contributed by atoms with Crippen molar-refractivity contribution in [2.75, 3.05) is 13.7 Å². The number of nitrogens with one attached hydrogen (secondary N) is 1. The van der Waals surface area contributed by atoms with Crippen molar-refractivity contribution in [2.45, 2.75) is 25.5 Å². The molecule has 0 aromatic rings. The highest BCUT2D eigenvalue weighted by molar-refractivity contribution is 4.92. The Morgan fingerprint density at radius 2 is 2.42 bits per heavy atom. The van der Waals surface area contributed by atoms with Gasteiger partial charge in [-0.05, 0) is 24.8 Å². The van der Waals surface area contributed by atoms with Gasteiger partial charge in [-0.25, -0.2) is 5.43 Å². The molecule has 3 heteroatoms. The Morgan fingerprint density at radius 1 is 1.58 bits per heavy atom. The van der Waals surface area contributed by atoms with E-state index < -0.39 is 0 Å². The number of hydrogen-bond donors (Lipinski definition) is 1. The van der Waals surface area contributed by atoms with E-state index >= 15 is 0 Å². The molecule has 1 atom stereocenters. The fourth-order valence-electron chi connectivity index (χ4n) is 1.49. The van der Waals surface area contributed by atoms with Gasteiger partial charge in [-0.2, -0.15) is 0 Å². The Labute approximate surface area is 73.4 Å². The Morgan fingerprint density at radius 3 is 2.92 bits per heavy atom. The molecule has 1 unspecified atom stereocenters. The average Bonchev–Trinajstić information content (AvgIpc) is 2.32. The molecule has 12 heavy (non-hydrogen) atoms. The van der Waals surface area contributed by atoms with Gasteiger partial charge >= 0.3 is 0 Å². The first kappa shape index (κ1) is 8.08. The van der Waals surface area contributed by atoms with Crippen LogP contribution in [-0.4, -0.2) is 24.9 Å².